The monoisotopic (exact) mass is 843 g/mol. The van der Waals surface area contributed by atoms with Crippen LogP contribution in [-0.4, -0.2) is 11.8 Å². The molecule has 2 aliphatic rings. The van der Waals surface area contributed by atoms with Crippen molar-refractivity contribution in [1.82, 2.24) is 4.57 Å². The van der Waals surface area contributed by atoms with E-state index in [1.54, 1.807) is 0 Å². The number of rotatable bonds is 3. The Kier molecular flexibility index (Phi) is 7.59. The van der Waals surface area contributed by atoms with E-state index in [0.29, 0.717) is 0 Å². The maximum atomic E-state index is 6.54. The first-order valence-electron chi connectivity index (χ1n) is 22.7. The lowest BCUT2D eigenvalue weighted by Crippen LogP contribution is -2.37. The predicted molar refractivity (Wildman–Crippen MR) is 276 cm³/mol. The second kappa shape index (κ2) is 12.8. The van der Waals surface area contributed by atoms with Crippen LogP contribution in [-0.2, 0) is 16.2 Å². The Balaban J connectivity index is 1.10. The summed E-state index contributed by atoms with van der Waals surface area (Å²) < 4.78 is 11.7. The molecule has 0 saturated heterocycles. The van der Waals surface area contributed by atoms with Gasteiger partial charge in [-0.05, 0) is 115 Å². The molecule has 3 aromatic heterocycles. The molecule has 0 atom stereocenters. The highest BCUT2D eigenvalue weighted by Crippen LogP contribution is 2.53. The van der Waals surface area contributed by atoms with Crippen LogP contribution in [0, 0.1) is 0 Å². The first kappa shape index (κ1) is 38.0. The molecule has 8 aromatic carbocycles. The van der Waals surface area contributed by atoms with Crippen LogP contribution in [0.15, 0.2) is 144 Å². The number of para-hydroxylation sites is 1. The number of benzene rings is 8. The predicted octanol–water partition coefficient (Wildman–Crippen LogP) is 15.3. The highest BCUT2D eigenvalue weighted by Gasteiger charge is 2.38. The Morgan fingerprint density at radius 2 is 1.27 bits per heavy atom. The van der Waals surface area contributed by atoms with Gasteiger partial charge >= 0.3 is 0 Å². The molecule has 4 heterocycles. The van der Waals surface area contributed by atoms with Crippen molar-refractivity contribution < 1.29 is 4.42 Å². The minimum absolute atomic E-state index is 0.0518. The zero-order valence-corrected chi connectivity index (χ0v) is 38.4. The van der Waals surface area contributed by atoms with Gasteiger partial charge in [-0.2, -0.15) is 0 Å². The number of thiophene rings is 1. The summed E-state index contributed by atoms with van der Waals surface area (Å²) in [6.07, 6.45) is 0. The summed E-state index contributed by atoms with van der Waals surface area (Å²) in [6, 6.07) is 52.7. The van der Waals surface area contributed by atoms with Crippen LogP contribution in [0.1, 0.15) is 77.6 Å². The van der Waals surface area contributed by atoms with Crippen LogP contribution in [0.25, 0.3) is 91.9 Å². The van der Waals surface area contributed by atoms with Crippen molar-refractivity contribution in [3.8, 4) is 27.9 Å². The second-order valence-corrected chi connectivity index (χ2v) is 22.0. The SMILES string of the molecule is CC(C)(C)c1ccc(Nc2cc3c(cc2-c2ccc4c5cc6oc7ccccc7c6cc5n5c4c2[B]c2cc4c(cc2-5)sc2ccccc24)-c2ccc(C(C)(C)C)cc2C3(C)C)cc1. The van der Waals surface area contributed by atoms with E-state index in [-0.39, 0.29) is 16.2 Å². The third kappa shape index (κ3) is 5.34. The summed E-state index contributed by atoms with van der Waals surface area (Å²) in [5, 5.41) is 11.3. The van der Waals surface area contributed by atoms with Gasteiger partial charge in [0.1, 0.15) is 11.2 Å². The molecule has 13 rings (SSSR count). The van der Waals surface area contributed by atoms with Crippen LogP contribution in [0.3, 0.4) is 0 Å². The van der Waals surface area contributed by atoms with Crippen LogP contribution < -0.4 is 16.2 Å². The van der Waals surface area contributed by atoms with Crippen molar-refractivity contribution in [3.63, 3.8) is 0 Å². The number of aromatic nitrogens is 1. The van der Waals surface area contributed by atoms with Gasteiger partial charge in [-0.25, -0.2) is 0 Å². The van der Waals surface area contributed by atoms with Gasteiger partial charge in [0.15, 0.2) is 7.28 Å². The summed E-state index contributed by atoms with van der Waals surface area (Å²) in [5.74, 6) is 0. The van der Waals surface area contributed by atoms with Gasteiger partial charge in [0.05, 0.1) is 5.52 Å². The molecule has 0 unspecified atom stereocenters. The Bertz CT molecular complexity index is 3830. The van der Waals surface area contributed by atoms with Gasteiger partial charge in [-0.1, -0.05) is 146 Å². The molecular weight excluding hydrogens is 796 g/mol. The Hall–Kier alpha value is -6.56. The Morgan fingerprint density at radius 1 is 0.547 bits per heavy atom. The van der Waals surface area contributed by atoms with Gasteiger partial charge in [-0.3, -0.25) is 0 Å². The first-order chi connectivity index (χ1) is 30.7. The fraction of sp³-hybridized carbons (Fsp3) is 0.186. The lowest BCUT2D eigenvalue weighted by atomic mass is 9.59. The van der Waals surface area contributed by atoms with Gasteiger partial charge in [-0.15, -0.1) is 11.3 Å². The van der Waals surface area contributed by atoms with E-state index in [1.807, 2.05) is 11.3 Å². The van der Waals surface area contributed by atoms with Crippen molar-refractivity contribution in [2.24, 2.45) is 0 Å². The van der Waals surface area contributed by atoms with Crippen molar-refractivity contribution in [1.29, 1.82) is 0 Å². The molecule has 11 aromatic rings. The van der Waals surface area contributed by atoms with Gasteiger partial charge < -0.3 is 14.3 Å². The molecule has 0 spiro atoms. The summed E-state index contributed by atoms with van der Waals surface area (Å²) in [5.41, 5.74) is 20.5. The fourth-order valence-electron chi connectivity index (χ4n) is 11.0. The number of anilines is 2. The first-order valence-corrected chi connectivity index (χ1v) is 23.5. The molecule has 3 nitrogen and oxygen atoms in total. The van der Waals surface area contributed by atoms with Crippen LogP contribution >= 0.6 is 11.3 Å². The molecular formula is C59H48BN2OS. The lowest BCUT2D eigenvalue weighted by Gasteiger charge is -2.27. The number of nitrogens with one attached hydrogen (secondary N) is 1. The molecule has 0 amide bonds. The topological polar surface area (TPSA) is 30.1 Å². The van der Waals surface area contributed by atoms with Gasteiger partial charge in [0.2, 0.25) is 0 Å². The van der Waals surface area contributed by atoms with Crippen LogP contribution in [0.2, 0.25) is 0 Å². The molecule has 0 fully saturated rings. The molecule has 1 aliphatic heterocycles. The average Bonchev–Trinajstić information content (AvgIpc) is 3.98. The minimum Gasteiger partial charge on any atom is -0.456 e. The van der Waals surface area contributed by atoms with E-state index >= 15 is 0 Å². The van der Waals surface area contributed by atoms with Gasteiger partial charge in [0, 0.05) is 69.9 Å². The van der Waals surface area contributed by atoms with E-state index in [2.05, 4.69) is 212 Å². The molecule has 1 aliphatic carbocycles. The molecule has 1 N–H and O–H groups in total. The molecule has 0 saturated carbocycles. The van der Waals surface area contributed by atoms with Crippen molar-refractivity contribution in [2.45, 2.75) is 71.6 Å². The number of fused-ring (bicyclic) bond motifs is 14. The highest BCUT2D eigenvalue weighted by molar-refractivity contribution is 7.25. The number of hydrogen-bond acceptors (Lipinski definition) is 3. The maximum absolute atomic E-state index is 6.54. The Labute approximate surface area is 378 Å². The average molecular weight is 844 g/mol. The third-order valence-corrected chi connectivity index (χ3v) is 15.7. The van der Waals surface area contributed by atoms with E-state index < -0.39 is 0 Å². The van der Waals surface area contributed by atoms with E-state index in [9.17, 15) is 0 Å². The lowest BCUT2D eigenvalue weighted by molar-refractivity contribution is 0.584. The maximum Gasteiger partial charge on any atom is 0.197 e. The Morgan fingerprint density at radius 3 is 2.06 bits per heavy atom. The second-order valence-electron chi connectivity index (χ2n) is 20.9. The highest BCUT2D eigenvalue weighted by atomic mass is 32.1. The van der Waals surface area contributed by atoms with E-state index in [0.717, 1.165) is 33.3 Å². The summed E-state index contributed by atoms with van der Waals surface area (Å²) >= 11 is 1.88. The molecule has 5 heteroatoms. The number of furan rings is 1. The molecule has 64 heavy (non-hydrogen) atoms. The molecule has 0 bridgehead atoms. The third-order valence-electron chi connectivity index (χ3n) is 14.5. The van der Waals surface area contributed by atoms with E-state index in [4.69, 9.17) is 4.42 Å². The van der Waals surface area contributed by atoms with Crippen molar-refractivity contribution in [2.75, 3.05) is 5.32 Å². The summed E-state index contributed by atoms with van der Waals surface area (Å²) in [7, 11) is 2.47. The van der Waals surface area contributed by atoms with Crippen LogP contribution in [0.4, 0.5) is 11.4 Å². The smallest absolute Gasteiger partial charge is 0.197 e. The summed E-state index contributed by atoms with van der Waals surface area (Å²) in [6.45, 7) is 18.6. The standard InChI is InChI=1S/C59H48BN2OS/c1-57(2,3)32-17-20-34(21-18-32)61-48-30-46-40(35-22-19-33(58(4,5)6)25-45(35)59(46,7)8)26-41(48)38-23-24-39-42-29-52-43(36-13-9-11-15-51(36)63-52)28-49(42)62-50-31-54-44(27-47(50)60-55(38)56(39)62)37-14-10-12-16-53(37)64-54/h9-31,61H,1-8H3. The van der Waals surface area contributed by atoms with Crippen molar-refractivity contribution >= 4 is 105 Å². The quantitative estimate of drug-likeness (QED) is 0.180. The minimum atomic E-state index is -0.178. The zero-order chi connectivity index (χ0) is 43.6. The fourth-order valence-corrected chi connectivity index (χ4v) is 12.1. The zero-order valence-electron chi connectivity index (χ0n) is 37.6. The normalized spacial score (nSPS) is 14.2. The van der Waals surface area contributed by atoms with E-state index in [1.165, 1.54) is 103 Å². The van der Waals surface area contributed by atoms with Crippen LogP contribution in [0.5, 0.6) is 0 Å². The van der Waals surface area contributed by atoms with Crippen molar-refractivity contribution in [3.05, 3.63) is 162 Å². The molecule has 309 valence electrons. The largest absolute Gasteiger partial charge is 0.456 e. The molecule has 1 radical (unpaired) electrons. The number of hydrogen-bond donors (Lipinski definition) is 1. The summed E-state index contributed by atoms with van der Waals surface area (Å²) in [4.78, 5) is 0. The number of nitrogens with zero attached hydrogens (tertiary/aromatic N) is 1. The van der Waals surface area contributed by atoms with Gasteiger partial charge in [0.25, 0.3) is 0 Å².